The van der Waals surface area contributed by atoms with E-state index in [1.54, 1.807) is 11.3 Å². The number of thiophene rings is 1. The van der Waals surface area contributed by atoms with Crippen molar-refractivity contribution in [1.29, 1.82) is 0 Å². The van der Waals surface area contributed by atoms with Crippen LogP contribution in [0.2, 0.25) is 0 Å². The van der Waals surface area contributed by atoms with Crippen molar-refractivity contribution in [3.05, 3.63) is 51.7 Å². The Balaban J connectivity index is 1.84. The number of ether oxygens (including phenoxy) is 1. The number of hydrogen-bond acceptors (Lipinski definition) is 4. The predicted octanol–water partition coefficient (Wildman–Crippen LogP) is 3.10. The Kier molecular flexibility index (Phi) is 6.32. The SMILES string of the molecule is CC(N)(CO)CCc1ccc(C#CCOc2ccc(F)c(F)c2)s1. The summed E-state index contributed by atoms with van der Waals surface area (Å²) in [5.74, 6) is 4.19. The van der Waals surface area contributed by atoms with Crippen molar-refractivity contribution in [2.45, 2.75) is 25.3 Å². The molecular weight excluding hydrogens is 332 g/mol. The number of rotatable bonds is 6. The molecule has 1 heterocycles. The van der Waals surface area contributed by atoms with Crippen molar-refractivity contribution in [2.75, 3.05) is 13.2 Å². The van der Waals surface area contributed by atoms with Crippen LogP contribution in [0.25, 0.3) is 0 Å². The maximum absolute atomic E-state index is 13.0. The summed E-state index contributed by atoms with van der Waals surface area (Å²) in [5, 5.41) is 9.14. The van der Waals surface area contributed by atoms with E-state index in [2.05, 4.69) is 11.8 Å². The summed E-state index contributed by atoms with van der Waals surface area (Å²) in [4.78, 5) is 2.03. The van der Waals surface area contributed by atoms with E-state index >= 15 is 0 Å². The summed E-state index contributed by atoms with van der Waals surface area (Å²) in [6.45, 7) is 1.85. The van der Waals surface area contributed by atoms with E-state index in [0.717, 1.165) is 28.3 Å². The molecule has 3 nitrogen and oxygen atoms in total. The molecule has 0 amide bonds. The van der Waals surface area contributed by atoms with Crippen molar-refractivity contribution in [3.8, 4) is 17.6 Å². The lowest BCUT2D eigenvalue weighted by Crippen LogP contribution is -2.40. The fraction of sp³-hybridized carbons (Fsp3) is 0.333. The van der Waals surface area contributed by atoms with Gasteiger partial charge in [0.2, 0.25) is 0 Å². The van der Waals surface area contributed by atoms with E-state index < -0.39 is 17.2 Å². The molecule has 0 aliphatic carbocycles. The lowest BCUT2D eigenvalue weighted by molar-refractivity contribution is 0.201. The molecule has 1 aromatic carbocycles. The molecule has 24 heavy (non-hydrogen) atoms. The number of nitrogens with two attached hydrogens (primary N) is 1. The fourth-order valence-electron chi connectivity index (χ4n) is 1.88. The first-order valence-electron chi connectivity index (χ1n) is 7.45. The Morgan fingerprint density at radius 2 is 2.04 bits per heavy atom. The summed E-state index contributed by atoms with van der Waals surface area (Å²) in [6.07, 6.45) is 1.47. The zero-order chi connectivity index (χ0) is 17.6. The van der Waals surface area contributed by atoms with E-state index in [1.807, 2.05) is 19.1 Å². The quantitative estimate of drug-likeness (QED) is 0.787. The van der Waals surface area contributed by atoms with Gasteiger partial charge in [-0.2, -0.15) is 0 Å². The molecule has 3 N–H and O–H groups in total. The van der Waals surface area contributed by atoms with Crippen LogP contribution >= 0.6 is 11.3 Å². The summed E-state index contributed by atoms with van der Waals surface area (Å²) in [7, 11) is 0. The third-order valence-corrected chi connectivity index (χ3v) is 4.44. The van der Waals surface area contributed by atoms with Crippen LogP contribution in [0.1, 0.15) is 23.1 Å². The van der Waals surface area contributed by atoms with Crippen molar-refractivity contribution in [3.63, 3.8) is 0 Å². The highest BCUT2D eigenvalue weighted by molar-refractivity contribution is 7.12. The van der Waals surface area contributed by atoms with Crippen LogP contribution in [0.15, 0.2) is 30.3 Å². The Labute approximate surface area is 144 Å². The molecule has 2 rings (SSSR count). The van der Waals surface area contributed by atoms with Gasteiger partial charge in [-0.3, -0.25) is 0 Å². The number of aliphatic hydroxyl groups excluding tert-OH is 1. The standard InChI is InChI=1S/C18H19F2NO2S/c1-18(21,12-22)9-8-15-6-5-14(24-15)3-2-10-23-13-4-7-16(19)17(20)11-13/h4-7,11,22H,8-10,12,21H2,1H3. The van der Waals surface area contributed by atoms with Gasteiger partial charge in [0.15, 0.2) is 11.6 Å². The van der Waals surface area contributed by atoms with Crippen LogP contribution < -0.4 is 10.5 Å². The molecule has 1 unspecified atom stereocenters. The molecular formula is C18H19F2NO2S. The molecule has 0 bridgehead atoms. The second-order valence-electron chi connectivity index (χ2n) is 5.74. The van der Waals surface area contributed by atoms with Gasteiger partial charge in [0, 0.05) is 16.5 Å². The van der Waals surface area contributed by atoms with Crippen LogP contribution in [0.4, 0.5) is 8.78 Å². The molecule has 0 spiro atoms. The molecule has 1 aromatic heterocycles. The minimum Gasteiger partial charge on any atom is -0.481 e. The lowest BCUT2D eigenvalue weighted by atomic mass is 9.98. The van der Waals surface area contributed by atoms with Crippen molar-refractivity contribution < 1.29 is 18.6 Å². The third kappa shape index (κ3) is 5.60. The average molecular weight is 351 g/mol. The highest BCUT2D eigenvalue weighted by Gasteiger charge is 2.16. The molecule has 0 aliphatic heterocycles. The summed E-state index contributed by atoms with van der Waals surface area (Å²) in [6, 6.07) is 7.26. The molecule has 0 aliphatic rings. The van der Waals surface area contributed by atoms with E-state index in [4.69, 9.17) is 15.6 Å². The summed E-state index contributed by atoms with van der Waals surface area (Å²) >= 11 is 1.56. The first-order chi connectivity index (χ1) is 11.4. The minimum absolute atomic E-state index is 0.0492. The van der Waals surface area contributed by atoms with E-state index in [1.165, 1.54) is 6.07 Å². The minimum atomic E-state index is -0.946. The van der Waals surface area contributed by atoms with Gasteiger partial charge in [0.05, 0.1) is 11.5 Å². The van der Waals surface area contributed by atoms with E-state index in [9.17, 15) is 8.78 Å². The third-order valence-electron chi connectivity index (χ3n) is 3.38. The van der Waals surface area contributed by atoms with Crippen LogP contribution in [-0.4, -0.2) is 23.9 Å². The molecule has 2 aromatic rings. The largest absolute Gasteiger partial charge is 0.481 e. The second kappa shape index (κ2) is 8.25. The van der Waals surface area contributed by atoms with Gasteiger partial charge < -0.3 is 15.6 Å². The Morgan fingerprint density at radius 1 is 1.25 bits per heavy atom. The van der Waals surface area contributed by atoms with Crippen molar-refractivity contribution >= 4 is 11.3 Å². The number of aryl methyl sites for hydroxylation is 1. The fourth-order valence-corrected chi connectivity index (χ4v) is 2.76. The first-order valence-corrected chi connectivity index (χ1v) is 8.26. The van der Waals surface area contributed by atoms with Crippen LogP contribution in [0.3, 0.4) is 0 Å². The number of benzene rings is 1. The highest BCUT2D eigenvalue weighted by atomic mass is 32.1. The zero-order valence-corrected chi connectivity index (χ0v) is 14.1. The normalized spacial score (nSPS) is 13.0. The highest BCUT2D eigenvalue weighted by Crippen LogP contribution is 2.20. The number of halogens is 2. The second-order valence-corrected chi connectivity index (χ2v) is 6.91. The predicted molar refractivity (Wildman–Crippen MR) is 91.0 cm³/mol. The lowest BCUT2D eigenvalue weighted by Gasteiger charge is -2.20. The van der Waals surface area contributed by atoms with Crippen LogP contribution in [-0.2, 0) is 6.42 Å². The van der Waals surface area contributed by atoms with Gasteiger partial charge in [0.1, 0.15) is 12.4 Å². The maximum atomic E-state index is 13.0. The monoisotopic (exact) mass is 351 g/mol. The Morgan fingerprint density at radius 3 is 2.75 bits per heavy atom. The Hall–Kier alpha value is -1.94. The molecule has 0 saturated carbocycles. The summed E-state index contributed by atoms with van der Waals surface area (Å²) in [5.41, 5.74) is 5.33. The average Bonchev–Trinajstić information content (AvgIpc) is 3.01. The smallest absolute Gasteiger partial charge is 0.162 e. The summed E-state index contributed by atoms with van der Waals surface area (Å²) < 4.78 is 31.1. The van der Waals surface area contributed by atoms with Crippen molar-refractivity contribution in [1.82, 2.24) is 0 Å². The van der Waals surface area contributed by atoms with Gasteiger partial charge in [-0.05, 0) is 44.0 Å². The van der Waals surface area contributed by atoms with E-state index in [0.29, 0.717) is 6.42 Å². The number of hydrogen-bond donors (Lipinski definition) is 2. The van der Waals surface area contributed by atoms with E-state index in [-0.39, 0.29) is 19.0 Å². The topological polar surface area (TPSA) is 55.5 Å². The maximum Gasteiger partial charge on any atom is 0.162 e. The van der Waals surface area contributed by atoms with Crippen molar-refractivity contribution in [2.24, 2.45) is 5.73 Å². The molecule has 6 heteroatoms. The number of aliphatic hydroxyl groups is 1. The first kappa shape index (κ1) is 18.4. The van der Waals surface area contributed by atoms with Crippen LogP contribution in [0.5, 0.6) is 5.75 Å². The van der Waals surface area contributed by atoms with Gasteiger partial charge in [-0.1, -0.05) is 11.8 Å². The Bertz CT molecular complexity index is 747. The molecule has 0 radical (unpaired) electrons. The van der Waals surface area contributed by atoms with Gasteiger partial charge in [0.25, 0.3) is 0 Å². The van der Waals surface area contributed by atoms with Crippen LogP contribution in [0, 0.1) is 23.5 Å². The molecule has 128 valence electrons. The van der Waals surface area contributed by atoms with Gasteiger partial charge >= 0.3 is 0 Å². The molecule has 0 fully saturated rings. The molecule has 0 saturated heterocycles. The molecule has 1 atom stereocenters. The van der Waals surface area contributed by atoms with Gasteiger partial charge in [-0.25, -0.2) is 8.78 Å². The van der Waals surface area contributed by atoms with Gasteiger partial charge in [-0.15, -0.1) is 11.3 Å². The zero-order valence-electron chi connectivity index (χ0n) is 13.3.